The Kier molecular flexibility index (Phi) is 4.03. The van der Waals surface area contributed by atoms with E-state index in [-0.39, 0.29) is 10.9 Å². The van der Waals surface area contributed by atoms with E-state index in [1.54, 1.807) is 13.8 Å². The fraction of sp³-hybridized carbons (Fsp3) is 0.500. The topological polar surface area (TPSA) is 49.3 Å². The van der Waals surface area contributed by atoms with E-state index in [0.717, 1.165) is 22.8 Å². The summed E-state index contributed by atoms with van der Waals surface area (Å²) in [7, 11) is 0. The van der Waals surface area contributed by atoms with Crippen LogP contribution in [0.15, 0.2) is 11.4 Å². The third-order valence-corrected chi connectivity index (χ3v) is 3.02. The Morgan fingerprint density at radius 3 is 2.41 bits per heavy atom. The number of carbonyl (C=O) groups is 1. The van der Waals surface area contributed by atoms with Crippen molar-refractivity contribution in [2.75, 3.05) is 5.32 Å². The summed E-state index contributed by atoms with van der Waals surface area (Å²) in [5.41, 5.74) is -0.766. The van der Waals surface area contributed by atoms with Gasteiger partial charge in [0, 0.05) is 5.38 Å². The van der Waals surface area contributed by atoms with Crippen LogP contribution in [-0.2, 0) is 11.0 Å². The first-order chi connectivity index (χ1) is 7.71. The van der Waals surface area contributed by atoms with E-state index in [2.05, 4.69) is 5.32 Å². The van der Waals surface area contributed by atoms with Gasteiger partial charge in [0.15, 0.2) is 0 Å². The van der Waals surface area contributed by atoms with Gasteiger partial charge in [-0.2, -0.15) is 13.2 Å². The minimum Gasteiger partial charge on any atom is -0.480 e. The number of anilines is 1. The Morgan fingerprint density at radius 1 is 1.47 bits per heavy atom. The Morgan fingerprint density at radius 2 is 2.06 bits per heavy atom. The molecule has 0 radical (unpaired) electrons. The molecule has 0 unspecified atom stereocenters. The number of hydrogen-bond donors (Lipinski definition) is 2. The molecule has 0 bridgehead atoms. The zero-order valence-corrected chi connectivity index (χ0v) is 10.0. The predicted octanol–water partition coefficient (Wildman–Crippen LogP) is 3.29. The average Bonchev–Trinajstić information content (AvgIpc) is 2.60. The van der Waals surface area contributed by atoms with Crippen molar-refractivity contribution in [3.63, 3.8) is 0 Å². The Bertz CT molecular complexity index is 401. The highest BCUT2D eigenvalue weighted by molar-refractivity contribution is 7.14. The second kappa shape index (κ2) is 4.95. The molecule has 1 atom stereocenters. The summed E-state index contributed by atoms with van der Waals surface area (Å²) in [6.07, 6.45) is -4.40. The largest absolute Gasteiger partial charge is 0.480 e. The van der Waals surface area contributed by atoms with Crippen LogP contribution in [0, 0.1) is 5.92 Å². The number of thiophene rings is 1. The van der Waals surface area contributed by atoms with Gasteiger partial charge in [0.05, 0.1) is 10.6 Å². The van der Waals surface area contributed by atoms with Crippen molar-refractivity contribution < 1.29 is 23.1 Å². The van der Waals surface area contributed by atoms with Crippen molar-refractivity contribution in [2.24, 2.45) is 5.92 Å². The summed E-state index contributed by atoms with van der Waals surface area (Å²) in [5.74, 6) is -1.30. The Hall–Kier alpha value is -1.24. The minimum atomic E-state index is -4.40. The summed E-state index contributed by atoms with van der Waals surface area (Å²) in [6.45, 7) is 3.37. The molecule has 0 saturated heterocycles. The number of alkyl halides is 3. The molecule has 2 N–H and O–H groups in total. The second-order valence-electron chi connectivity index (χ2n) is 3.90. The van der Waals surface area contributed by atoms with E-state index in [9.17, 15) is 18.0 Å². The molecule has 0 saturated carbocycles. The van der Waals surface area contributed by atoms with E-state index < -0.39 is 23.8 Å². The molecule has 96 valence electrons. The standard InChI is InChI=1S/C10H12F3NO2S/c1-5(2)8(9(15)16)14-7-3-6(4-17-7)10(11,12)13/h3-5,8,14H,1-2H3,(H,15,16)/t8-/m0/s1. The van der Waals surface area contributed by atoms with E-state index in [1.807, 2.05) is 0 Å². The van der Waals surface area contributed by atoms with E-state index in [0.29, 0.717) is 0 Å². The Balaban J connectivity index is 2.81. The van der Waals surface area contributed by atoms with E-state index >= 15 is 0 Å². The summed E-state index contributed by atoms with van der Waals surface area (Å²) in [5, 5.41) is 12.6. The van der Waals surface area contributed by atoms with Gasteiger partial charge in [0.1, 0.15) is 6.04 Å². The van der Waals surface area contributed by atoms with Gasteiger partial charge in [-0.1, -0.05) is 13.8 Å². The van der Waals surface area contributed by atoms with Crippen molar-refractivity contribution in [1.29, 1.82) is 0 Å². The molecular weight excluding hydrogens is 255 g/mol. The van der Waals surface area contributed by atoms with Crippen LogP contribution in [0.3, 0.4) is 0 Å². The number of carboxylic acid groups (broad SMARTS) is 1. The summed E-state index contributed by atoms with van der Waals surface area (Å²) >= 11 is 0.845. The van der Waals surface area contributed by atoms with Crippen LogP contribution < -0.4 is 5.32 Å². The van der Waals surface area contributed by atoms with Crippen molar-refractivity contribution >= 4 is 22.3 Å². The van der Waals surface area contributed by atoms with Crippen molar-refractivity contribution in [3.05, 3.63) is 17.0 Å². The zero-order valence-electron chi connectivity index (χ0n) is 9.21. The highest BCUT2D eigenvalue weighted by atomic mass is 32.1. The number of carboxylic acids is 1. The summed E-state index contributed by atoms with van der Waals surface area (Å²) in [6, 6.07) is 0.0259. The molecular formula is C10H12F3NO2S. The summed E-state index contributed by atoms with van der Waals surface area (Å²) in [4.78, 5) is 10.9. The fourth-order valence-electron chi connectivity index (χ4n) is 1.23. The molecule has 3 nitrogen and oxygen atoms in total. The fourth-order valence-corrected chi connectivity index (χ4v) is 2.07. The monoisotopic (exact) mass is 267 g/mol. The van der Waals surface area contributed by atoms with Gasteiger partial charge in [-0.3, -0.25) is 0 Å². The van der Waals surface area contributed by atoms with Crippen molar-refractivity contribution in [3.8, 4) is 0 Å². The maximum atomic E-state index is 12.3. The molecule has 0 aliphatic carbocycles. The van der Waals surface area contributed by atoms with Gasteiger partial charge in [0.2, 0.25) is 0 Å². The van der Waals surface area contributed by atoms with Gasteiger partial charge in [-0.15, -0.1) is 11.3 Å². The van der Waals surface area contributed by atoms with Gasteiger partial charge in [-0.05, 0) is 12.0 Å². The van der Waals surface area contributed by atoms with E-state index in [1.165, 1.54) is 0 Å². The molecule has 0 spiro atoms. The van der Waals surface area contributed by atoms with Crippen LogP contribution in [0.2, 0.25) is 0 Å². The number of halogens is 3. The van der Waals surface area contributed by atoms with Crippen LogP contribution in [0.1, 0.15) is 19.4 Å². The molecule has 0 fully saturated rings. The number of nitrogens with one attached hydrogen (secondary N) is 1. The SMILES string of the molecule is CC(C)[C@H](Nc1cc(C(F)(F)F)cs1)C(=O)O. The van der Waals surface area contributed by atoms with Crippen LogP contribution in [0.5, 0.6) is 0 Å². The maximum absolute atomic E-state index is 12.3. The van der Waals surface area contributed by atoms with Gasteiger partial charge in [-0.25, -0.2) is 4.79 Å². The molecule has 1 rings (SSSR count). The lowest BCUT2D eigenvalue weighted by molar-refractivity contribution is -0.139. The lowest BCUT2D eigenvalue weighted by atomic mass is 10.1. The molecule has 0 amide bonds. The average molecular weight is 267 g/mol. The van der Waals surface area contributed by atoms with Crippen molar-refractivity contribution in [2.45, 2.75) is 26.1 Å². The molecule has 0 aliphatic heterocycles. The van der Waals surface area contributed by atoms with E-state index in [4.69, 9.17) is 5.11 Å². The van der Waals surface area contributed by atoms with Crippen LogP contribution >= 0.6 is 11.3 Å². The lowest BCUT2D eigenvalue weighted by Gasteiger charge is -2.17. The molecule has 7 heteroatoms. The van der Waals surface area contributed by atoms with Gasteiger partial charge < -0.3 is 10.4 Å². The molecule has 0 aromatic carbocycles. The summed E-state index contributed by atoms with van der Waals surface area (Å²) < 4.78 is 37.0. The highest BCUT2D eigenvalue weighted by Gasteiger charge is 2.32. The number of aliphatic carboxylic acids is 1. The molecule has 0 aliphatic rings. The first-order valence-electron chi connectivity index (χ1n) is 4.87. The quantitative estimate of drug-likeness (QED) is 0.880. The predicted molar refractivity (Wildman–Crippen MR) is 59.2 cm³/mol. The first kappa shape index (κ1) is 13.8. The minimum absolute atomic E-state index is 0.207. The smallest absolute Gasteiger partial charge is 0.417 e. The molecule has 1 aromatic rings. The number of hydrogen-bond acceptors (Lipinski definition) is 3. The third-order valence-electron chi connectivity index (χ3n) is 2.16. The maximum Gasteiger partial charge on any atom is 0.417 e. The lowest BCUT2D eigenvalue weighted by Crippen LogP contribution is -2.33. The third kappa shape index (κ3) is 3.62. The zero-order chi connectivity index (χ0) is 13.2. The molecule has 1 heterocycles. The number of rotatable bonds is 4. The van der Waals surface area contributed by atoms with Crippen LogP contribution in [-0.4, -0.2) is 17.1 Å². The molecule has 1 aromatic heterocycles. The van der Waals surface area contributed by atoms with Gasteiger partial charge in [0.25, 0.3) is 0 Å². The molecule has 17 heavy (non-hydrogen) atoms. The van der Waals surface area contributed by atoms with Crippen LogP contribution in [0.4, 0.5) is 18.2 Å². The van der Waals surface area contributed by atoms with Crippen LogP contribution in [0.25, 0.3) is 0 Å². The Labute approximate surface area is 100 Å². The first-order valence-corrected chi connectivity index (χ1v) is 5.75. The second-order valence-corrected chi connectivity index (χ2v) is 4.81. The van der Waals surface area contributed by atoms with Crippen molar-refractivity contribution in [1.82, 2.24) is 0 Å². The highest BCUT2D eigenvalue weighted by Crippen LogP contribution is 2.35. The van der Waals surface area contributed by atoms with Gasteiger partial charge >= 0.3 is 12.1 Å². The normalized spacial score (nSPS) is 13.8.